The van der Waals surface area contributed by atoms with Crippen LogP contribution in [0.25, 0.3) is 0 Å². The Labute approximate surface area is 143 Å². The average Bonchev–Trinajstić information content (AvgIpc) is 3.12. The number of nitrogens with two attached hydrogens (primary N) is 1. The third-order valence-electron chi connectivity index (χ3n) is 3.74. The molecular formula is C18H24N6. The summed E-state index contributed by atoms with van der Waals surface area (Å²) in [6.45, 7) is 1.71. The fourth-order valence-electron chi connectivity index (χ4n) is 2.46. The minimum Gasteiger partial charge on any atom is -0.398 e. The monoisotopic (exact) mass is 324 g/mol. The number of nitrogens with zero attached hydrogens (tertiary/aromatic N) is 3. The highest BCUT2D eigenvalue weighted by Gasteiger charge is 2.08. The van der Waals surface area contributed by atoms with Crippen LogP contribution in [-0.4, -0.2) is 26.8 Å². The largest absolute Gasteiger partial charge is 0.398 e. The number of pyridine rings is 1. The Bertz CT molecular complexity index is 820. The number of rotatable bonds is 7. The second-order valence-corrected chi connectivity index (χ2v) is 5.47. The molecule has 0 saturated heterocycles. The van der Waals surface area contributed by atoms with Gasteiger partial charge in [0.1, 0.15) is 5.82 Å². The summed E-state index contributed by atoms with van der Waals surface area (Å²) in [5.74, 6) is 0.761. The zero-order chi connectivity index (χ0) is 16.8. The van der Waals surface area contributed by atoms with Gasteiger partial charge in [0.15, 0.2) is 0 Å². The van der Waals surface area contributed by atoms with Gasteiger partial charge in [-0.25, -0.2) is 9.97 Å². The van der Waals surface area contributed by atoms with Crippen molar-refractivity contribution in [2.75, 3.05) is 17.6 Å². The molecule has 0 aliphatic carbocycles. The summed E-state index contributed by atoms with van der Waals surface area (Å²) in [6, 6.07) is 11.1. The van der Waals surface area contributed by atoms with Gasteiger partial charge < -0.3 is 15.6 Å². The number of nitrogen functional groups attached to an aromatic ring is 1. The van der Waals surface area contributed by atoms with Crippen molar-refractivity contribution >= 4 is 17.2 Å². The molecule has 0 aliphatic rings. The summed E-state index contributed by atoms with van der Waals surface area (Å²) in [5, 5.41) is 11.7. The van der Waals surface area contributed by atoms with Gasteiger partial charge in [0.25, 0.3) is 0 Å². The van der Waals surface area contributed by atoms with E-state index in [1.807, 2.05) is 47.4 Å². The van der Waals surface area contributed by atoms with E-state index in [0.717, 1.165) is 36.5 Å². The van der Waals surface area contributed by atoms with E-state index in [-0.39, 0.29) is 2.85 Å². The Kier molecular flexibility index (Phi) is 4.86. The maximum Gasteiger partial charge on any atom is 0.126 e. The van der Waals surface area contributed by atoms with Gasteiger partial charge in [0, 0.05) is 51.3 Å². The molecule has 2 heterocycles. The van der Waals surface area contributed by atoms with Gasteiger partial charge in [-0.2, -0.15) is 0 Å². The van der Waals surface area contributed by atoms with Crippen molar-refractivity contribution in [1.29, 1.82) is 5.41 Å². The lowest BCUT2D eigenvalue weighted by Crippen LogP contribution is -2.09. The molecule has 0 spiro atoms. The van der Waals surface area contributed by atoms with Gasteiger partial charge in [-0.1, -0.05) is 18.2 Å². The number of aromatic nitrogens is 3. The first-order valence-electron chi connectivity index (χ1n) is 7.83. The highest BCUT2D eigenvalue weighted by Crippen LogP contribution is 2.17. The minimum atomic E-state index is 0. The van der Waals surface area contributed by atoms with E-state index in [2.05, 4.69) is 15.3 Å². The molecule has 126 valence electrons. The van der Waals surface area contributed by atoms with Crippen LogP contribution in [0.5, 0.6) is 0 Å². The molecule has 1 aromatic carbocycles. The van der Waals surface area contributed by atoms with Crippen molar-refractivity contribution in [2.45, 2.75) is 13.0 Å². The predicted octanol–water partition coefficient (Wildman–Crippen LogP) is 3.27. The van der Waals surface area contributed by atoms with Crippen molar-refractivity contribution in [3.63, 3.8) is 0 Å². The average molecular weight is 324 g/mol. The SMILES string of the molecule is N=C(c1ccnc(NCCCn2ccnc2)c1)c1ccccc1N.[HH].[HH]. The Morgan fingerprint density at radius 1 is 1.25 bits per heavy atom. The van der Waals surface area contributed by atoms with Crippen molar-refractivity contribution < 1.29 is 2.85 Å². The third kappa shape index (κ3) is 3.78. The smallest absolute Gasteiger partial charge is 0.126 e. The molecule has 0 aliphatic heterocycles. The number of anilines is 2. The van der Waals surface area contributed by atoms with Gasteiger partial charge in [0.2, 0.25) is 0 Å². The summed E-state index contributed by atoms with van der Waals surface area (Å²) in [5.41, 5.74) is 8.49. The van der Waals surface area contributed by atoms with E-state index >= 15 is 0 Å². The van der Waals surface area contributed by atoms with Crippen molar-refractivity contribution in [3.05, 3.63) is 72.4 Å². The van der Waals surface area contributed by atoms with Gasteiger partial charge in [-0.05, 0) is 24.6 Å². The highest BCUT2D eigenvalue weighted by molar-refractivity contribution is 6.13. The summed E-state index contributed by atoms with van der Waals surface area (Å²) in [7, 11) is 0. The van der Waals surface area contributed by atoms with Gasteiger partial charge in [0.05, 0.1) is 12.0 Å². The van der Waals surface area contributed by atoms with E-state index in [1.165, 1.54) is 0 Å². The first-order valence-corrected chi connectivity index (χ1v) is 7.83. The van der Waals surface area contributed by atoms with Crippen LogP contribution in [0.4, 0.5) is 11.5 Å². The van der Waals surface area contributed by atoms with Gasteiger partial charge >= 0.3 is 0 Å². The maximum atomic E-state index is 8.37. The fourth-order valence-corrected chi connectivity index (χ4v) is 2.46. The Hall–Kier alpha value is -3.15. The van der Waals surface area contributed by atoms with Crippen LogP contribution in [0.2, 0.25) is 0 Å². The zero-order valence-electron chi connectivity index (χ0n) is 13.3. The minimum absolute atomic E-state index is 0. The Morgan fingerprint density at radius 2 is 2.12 bits per heavy atom. The highest BCUT2D eigenvalue weighted by atomic mass is 15.0. The lowest BCUT2D eigenvalue weighted by atomic mass is 10.0. The molecule has 0 atom stereocenters. The molecule has 24 heavy (non-hydrogen) atoms. The molecule has 0 fully saturated rings. The number of para-hydroxylation sites is 1. The van der Waals surface area contributed by atoms with Crippen LogP contribution in [0.1, 0.15) is 20.4 Å². The first-order chi connectivity index (χ1) is 11.7. The number of benzene rings is 1. The van der Waals surface area contributed by atoms with Crippen LogP contribution in [0.3, 0.4) is 0 Å². The van der Waals surface area contributed by atoms with Crippen LogP contribution in [-0.2, 0) is 6.54 Å². The molecule has 6 heteroatoms. The van der Waals surface area contributed by atoms with Crippen LogP contribution in [0.15, 0.2) is 61.3 Å². The predicted molar refractivity (Wildman–Crippen MR) is 101 cm³/mol. The third-order valence-corrected chi connectivity index (χ3v) is 3.74. The molecule has 3 rings (SSSR count). The lowest BCUT2D eigenvalue weighted by Gasteiger charge is -2.10. The Balaban J connectivity index is 0.00000169. The summed E-state index contributed by atoms with van der Waals surface area (Å²) in [4.78, 5) is 8.34. The van der Waals surface area contributed by atoms with E-state index in [4.69, 9.17) is 11.1 Å². The second kappa shape index (κ2) is 7.41. The van der Waals surface area contributed by atoms with E-state index in [1.54, 1.807) is 18.5 Å². The van der Waals surface area contributed by atoms with E-state index in [0.29, 0.717) is 11.4 Å². The summed E-state index contributed by atoms with van der Waals surface area (Å²) in [6.07, 6.45) is 8.21. The molecule has 6 nitrogen and oxygen atoms in total. The fraction of sp³-hybridized carbons (Fsp3) is 0.167. The van der Waals surface area contributed by atoms with E-state index in [9.17, 15) is 0 Å². The zero-order valence-corrected chi connectivity index (χ0v) is 13.3. The van der Waals surface area contributed by atoms with Crippen LogP contribution < -0.4 is 11.1 Å². The summed E-state index contributed by atoms with van der Waals surface area (Å²) >= 11 is 0. The second-order valence-electron chi connectivity index (χ2n) is 5.47. The molecule has 0 amide bonds. The number of hydrogen-bond acceptors (Lipinski definition) is 5. The number of nitrogens with one attached hydrogen (secondary N) is 2. The van der Waals surface area contributed by atoms with Crippen LogP contribution >= 0.6 is 0 Å². The molecule has 2 aromatic heterocycles. The normalized spacial score (nSPS) is 10.5. The van der Waals surface area contributed by atoms with Crippen molar-refractivity contribution in [3.8, 4) is 0 Å². The summed E-state index contributed by atoms with van der Waals surface area (Å²) < 4.78 is 2.04. The molecule has 0 radical (unpaired) electrons. The maximum absolute atomic E-state index is 8.37. The lowest BCUT2D eigenvalue weighted by molar-refractivity contribution is 0.660. The van der Waals surface area contributed by atoms with Gasteiger partial charge in [-0.3, -0.25) is 5.41 Å². The molecule has 0 bridgehead atoms. The van der Waals surface area contributed by atoms with E-state index < -0.39 is 0 Å². The standard InChI is InChI=1S/C18H20N6.2H2/c19-16-5-2-1-4-15(16)18(20)14-6-8-23-17(12-14)22-7-3-10-24-11-9-21-13-24;;/h1-2,4-6,8-9,11-13,20H,3,7,10,19H2,(H,22,23);2*1H. The molecular weight excluding hydrogens is 300 g/mol. The molecule has 4 N–H and O–H groups in total. The van der Waals surface area contributed by atoms with Crippen molar-refractivity contribution in [1.82, 2.24) is 14.5 Å². The Morgan fingerprint density at radius 3 is 2.92 bits per heavy atom. The number of imidazole rings is 1. The molecule has 3 aromatic rings. The number of hydrogen-bond donors (Lipinski definition) is 3. The first kappa shape index (κ1) is 15.7. The quantitative estimate of drug-likeness (QED) is 0.353. The van der Waals surface area contributed by atoms with Crippen LogP contribution in [0, 0.1) is 5.41 Å². The number of aryl methyl sites for hydroxylation is 1. The molecule has 0 saturated carbocycles. The topological polar surface area (TPSA) is 92.6 Å². The van der Waals surface area contributed by atoms with Crippen molar-refractivity contribution in [2.24, 2.45) is 0 Å². The molecule has 0 unspecified atom stereocenters. The van der Waals surface area contributed by atoms with Gasteiger partial charge in [-0.15, -0.1) is 0 Å².